The van der Waals surface area contributed by atoms with Crippen molar-refractivity contribution in [2.24, 2.45) is 0 Å². The molecular weight excluding hydrogens is 264 g/mol. The van der Waals surface area contributed by atoms with Crippen LogP contribution in [0.3, 0.4) is 0 Å². The number of carbonyl (C=O) groups excluding carboxylic acids is 1. The first kappa shape index (κ1) is 15.1. The highest BCUT2D eigenvalue weighted by molar-refractivity contribution is 5.94. The minimum Gasteiger partial charge on any atom is -0.378 e. The molecule has 2 aromatic rings. The zero-order valence-electron chi connectivity index (χ0n) is 13.0. The molecule has 1 unspecified atom stereocenters. The summed E-state index contributed by atoms with van der Waals surface area (Å²) in [6.45, 7) is 5.00. The van der Waals surface area contributed by atoms with E-state index in [0.29, 0.717) is 5.56 Å². The van der Waals surface area contributed by atoms with Gasteiger partial charge < -0.3 is 10.2 Å². The van der Waals surface area contributed by atoms with Crippen LogP contribution < -0.4 is 5.32 Å². The van der Waals surface area contributed by atoms with Gasteiger partial charge in [-0.05, 0) is 32.0 Å². The van der Waals surface area contributed by atoms with Crippen molar-refractivity contribution < 1.29 is 4.79 Å². The van der Waals surface area contributed by atoms with Gasteiger partial charge in [-0.15, -0.1) is 0 Å². The first-order valence-electron chi connectivity index (χ1n) is 7.12. The van der Waals surface area contributed by atoms with Gasteiger partial charge in [0.2, 0.25) is 0 Å². The van der Waals surface area contributed by atoms with Gasteiger partial charge >= 0.3 is 0 Å². The van der Waals surface area contributed by atoms with Crippen LogP contribution in [0.1, 0.15) is 35.8 Å². The van der Waals surface area contributed by atoms with Crippen LogP contribution in [0.25, 0.3) is 0 Å². The van der Waals surface area contributed by atoms with Gasteiger partial charge in [-0.2, -0.15) is 5.10 Å². The summed E-state index contributed by atoms with van der Waals surface area (Å²) in [4.78, 5) is 13.6. The molecule has 21 heavy (non-hydrogen) atoms. The molecule has 5 nitrogen and oxygen atoms in total. The van der Waals surface area contributed by atoms with Crippen LogP contribution in [0.5, 0.6) is 0 Å². The van der Waals surface area contributed by atoms with Crippen molar-refractivity contribution in [1.29, 1.82) is 0 Å². The van der Waals surface area contributed by atoms with Crippen molar-refractivity contribution in [2.75, 3.05) is 19.4 Å². The fourth-order valence-electron chi connectivity index (χ4n) is 2.11. The molecule has 0 spiro atoms. The molecule has 0 radical (unpaired) electrons. The Bertz CT molecular complexity index is 618. The Morgan fingerprint density at radius 1 is 1.43 bits per heavy atom. The number of hydrogen-bond acceptors (Lipinski definition) is 3. The zero-order chi connectivity index (χ0) is 15.4. The Morgan fingerprint density at radius 2 is 2.19 bits per heavy atom. The SMILES string of the molecule is CCn1cc(C(C)Nc2cccc(C(=O)N(C)C)c2)cn1. The second-order valence-corrected chi connectivity index (χ2v) is 5.28. The molecular formula is C16H22N4O. The van der Waals surface area contributed by atoms with Crippen molar-refractivity contribution in [3.63, 3.8) is 0 Å². The van der Waals surface area contributed by atoms with Crippen molar-refractivity contribution >= 4 is 11.6 Å². The number of benzene rings is 1. The highest BCUT2D eigenvalue weighted by atomic mass is 16.2. The lowest BCUT2D eigenvalue weighted by atomic mass is 10.1. The predicted octanol–water partition coefficient (Wildman–Crippen LogP) is 2.78. The van der Waals surface area contributed by atoms with Crippen LogP contribution in [0.2, 0.25) is 0 Å². The Labute approximate surface area is 125 Å². The molecule has 0 aliphatic heterocycles. The minimum absolute atomic E-state index is 0.00473. The molecule has 0 aliphatic carbocycles. The monoisotopic (exact) mass is 286 g/mol. The summed E-state index contributed by atoms with van der Waals surface area (Å²) >= 11 is 0. The van der Waals surface area contributed by atoms with E-state index in [9.17, 15) is 4.79 Å². The zero-order valence-corrected chi connectivity index (χ0v) is 13.0. The van der Waals surface area contributed by atoms with E-state index in [-0.39, 0.29) is 11.9 Å². The third-order valence-electron chi connectivity index (χ3n) is 3.38. The largest absolute Gasteiger partial charge is 0.378 e. The summed E-state index contributed by atoms with van der Waals surface area (Å²) in [5.74, 6) is 0.00473. The molecule has 112 valence electrons. The van der Waals surface area contributed by atoms with Gasteiger partial charge in [0.1, 0.15) is 0 Å². The fraction of sp³-hybridized carbons (Fsp3) is 0.375. The molecule has 1 amide bonds. The van der Waals surface area contributed by atoms with Crippen LogP contribution in [-0.2, 0) is 6.54 Å². The lowest BCUT2D eigenvalue weighted by Crippen LogP contribution is -2.21. The van der Waals surface area contributed by atoms with Crippen LogP contribution in [0, 0.1) is 0 Å². The van der Waals surface area contributed by atoms with Gasteiger partial charge in [-0.3, -0.25) is 9.48 Å². The molecule has 2 rings (SSSR count). The first-order chi connectivity index (χ1) is 10.0. The van der Waals surface area contributed by atoms with E-state index in [0.717, 1.165) is 17.8 Å². The molecule has 1 N–H and O–H groups in total. The van der Waals surface area contributed by atoms with E-state index in [2.05, 4.69) is 24.3 Å². The summed E-state index contributed by atoms with van der Waals surface area (Å²) in [5.41, 5.74) is 2.74. The maximum atomic E-state index is 12.0. The summed E-state index contributed by atoms with van der Waals surface area (Å²) in [7, 11) is 3.51. The second kappa shape index (κ2) is 6.43. The molecule has 0 saturated heterocycles. The van der Waals surface area contributed by atoms with Crippen molar-refractivity contribution in [3.8, 4) is 0 Å². The summed E-state index contributed by atoms with van der Waals surface area (Å²) in [6.07, 6.45) is 3.91. The smallest absolute Gasteiger partial charge is 0.253 e. The second-order valence-electron chi connectivity index (χ2n) is 5.28. The Kier molecular flexibility index (Phi) is 4.62. The number of anilines is 1. The number of aryl methyl sites for hydroxylation is 1. The van der Waals surface area contributed by atoms with Gasteiger partial charge in [-0.1, -0.05) is 6.07 Å². The van der Waals surface area contributed by atoms with Gasteiger partial charge in [0, 0.05) is 43.7 Å². The van der Waals surface area contributed by atoms with E-state index >= 15 is 0 Å². The normalized spacial score (nSPS) is 12.0. The Morgan fingerprint density at radius 3 is 2.81 bits per heavy atom. The lowest BCUT2D eigenvalue weighted by molar-refractivity contribution is 0.0827. The number of hydrogen-bond donors (Lipinski definition) is 1. The average molecular weight is 286 g/mol. The van der Waals surface area contributed by atoms with E-state index in [4.69, 9.17) is 0 Å². The third-order valence-corrected chi connectivity index (χ3v) is 3.38. The topological polar surface area (TPSA) is 50.2 Å². The molecule has 1 heterocycles. The molecule has 1 aromatic heterocycles. The quantitative estimate of drug-likeness (QED) is 0.919. The predicted molar refractivity (Wildman–Crippen MR) is 84.4 cm³/mol. The summed E-state index contributed by atoms with van der Waals surface area (Å²) in [6, 6.07) is 7.69. The summed E-state index contributed by atoms with van der Waals surface area (Å²) < 4.78 is 1.90. The van der Waals surface area contributed by atoms with Crippen LogP contribution >= 0.6 is 0 Å². The van der Waals surface area contributed by atoms with Crippen LogP contribution in [0.4, 0.5) is 5.69 Å². The molecule has 1 aromatic carbocycles. The van der Waals surface area contributed by atoms with Crippen LogP contribution in [0.15, 0.2) is 36.7 Å². The number of rotatable bonds is 5. The van der Waals surface area contributed by atoms with Gasteiger partial charge in [0.15, 0.2) is 0 Å². The van der Waals surface area contributed by atoms with E-state index in [1.807, 2.05) is 41.3 Å². The van der Waals surface area contributed by atoms with Crippen molar-refractivity contribution in [1.82, 2.24) is 14.7 Å². The van der Waals surface area contributed by atoms with E-state index in [1.54, 1.807) is 19.0 Å². The molecule has 0 bridgehead atoms. The number of amides is 1. The van der Waals surface area contributed by atoms with Crippen LogP contribution in [-0.4, -0.2) is 34.7 Å². The molecule has 0 aliphatic rings. The van der Waals surface area contributed by atoms with Crippen molar-refractivity contribution in [3.05, 3.63) is 47.8 Å². The summed E-state index contributed by atoms with van der Waals surface area (Å²) in [5, 5.41) is 7.69. The highest BCUT2D eigenvalue weighted by Crippen LogP contribution is 2.20. The van der Waals surface area contributed by atoms with Crippen molar-refractivity contribution in [2.45, 2.75) is 26.4 Å². The number of aromatic nitrogens is 2. The Hall–Kier alpha value is -2.30. The maximum absolute atomic E-state index is 12.0. The van der Waals surface area contributed by atoms with Gasteiger partial charge in [0.25, 0.3) is 5.91 Å². The lowest BCUT2D eigenvalue weighted by Gasteiger charge is -2.15. The average Bonchev–Trinajstić information content (AvgIpc) is 2.95. The highest BCUT2D eigenvalue weighted by Gasteiger charge is 2.11. The first-order valence-corrected chi connectivity index (χ1v) is 7.12. The molecule has 0 saturated carbocycles. The van der Waals surface area contributed by atoms with E-state index < -0.39 is 0 Å². The standard InChI is InChI=1S/C16H22N4O/c1-5-20-11-14(10-17-20)12(2)18-15-8-6-7-13(9-15)16(21)19(3)4/h6-12,18H,5H2,1-4H3. The molecule has 5 heteroatoms. The maximum Gasteiger partial charge on any atom is 0.253 e. The number of nitrogens with one attached hydrogen (secondary N) is 1. The fourth-order valence-corrected chi connectivity index (χ4v) is 2.11. The van der Waals surface area contributed by atoms with Gasteiger partial charge in [-0.25, -0.2) is 0 Å². The number of nitrogens with zero attached hydrogens (tertiary/aromatic N) is 3. The molecule has 1 atom stereocenters. The van der Waals surface area contributed by atoms with E-state index in [1.165, 1.54) is 0 Å². The Balaban J connectivity index is 2.12. The minimum atomic E-state index is 0.00473. The van der Waals surface area contributed by atoms with Gasteiger partial charge in [0.05, 0.1) is 12.2 Å². The number of carbonyl (C=O) groups is 1. The third kappa shape index (κ3) is 3.62. The molecule has 0 fully saturated rings.